The summed E-state index contributed by atoms with van der Waals surface area (Å²) >= 11 is 0. The Morgan fingerprint density at radius 2 is 1.64 bits per heavy atom. The Morgan fingerprint density at radius 1 is 1.09 bits per heavy atom. The fraction of sp³-hybridized carbons (Fsp3) is 0.435. The predicted molar refractivity (Wildman–Crippen MR) is 115 cm³/mol. The van der Waals surface area contributed by atoms with Crippen LogP contribution in [0.15, 0.2) is 12.1 Å². The number of hydrogen-bond acceptors (Lipinski definition) is 4. The molecule has 0 atom stereocenters. The zero-order valence-electron chi connectivity index (χ0n) is 18.8. The Bertz CT molecular complexity index is 1110. The number of hydrogen-bond donors (Lipinski definition) is 3. The molecule has 0 spiro atoms. The molecular weight excluding hydrogens is 439 g/mol. The quantitative estimate of drug-likeness (QED) is 0.358. The van der Waals surface area contributed by atoms with Crippen LogP contribution in [0.1, 0.15) is 64.7 Å². The number of aliphatic hydroxyl groups excluding tert-OH is 1. The lowest BCUT2D eigenvalue weighted by atomic mass is 9.82. The second-order valence-corrected chi connectivity index (χ2v) is 8.78. The van der Waals surface area contributed by atoms with E-state index in [0.717, 1.165) is 0 Å². The largest absolute Gasteiger partial charge is 0.393 e. The first-order chi connectivity index (χ1) is 15.3. The summed E-state index contributed by atoms with van der Waals surface area (Å²) in [7, 11) is 1.52. The summed E-state index contributed by atoms with van der Waals surface area (Å²) in [5.41, 5.74) is -0.276. The minimum Gasteiger partial charge on any atom is -0.393 e. The van der Waals surface area contributed by atoms with Gasteiger partial charge in [0.2, 0.25) is 0 Å². The maximum atomic E-state index is 13.5. The van der Waals surface area contributed by atoms with Gasteiger partial charge >= 0.3 is 0 Å². The number of Topliss-reactive ketones (excluding diaryl/α,β-unsaturated/α-hetero) is 1. The number of carbonyl (C=O) groups is 3. The van der Waals surface area contributed by atoms with Crippen molar-refractivity contribution < 1.29 is 32.7 Å². The number of ketones is 1. The molecule has 0 unspecified atom stereocenters. The van der Waals surface area contributed by atoms with Crippen molar-refractivity contribution in [1.82, 2.24) is 9.88 Å². The van der Waals surface area contributed by atoms with Crippen molar-refractivity contribution in [2.75, 3.05) is 5.32 Å². The van der Waals surface area contributed by atoms with Gasteiger partial charge in [-0.05, 0) is 52.0 Å². The van der Waals surface area contributed by atoms with Crippen LogP contribution in [0.2, 0.25) is 0 Å². The number of amides is 2. The Kier molecular flexibility index (Phi) is 6.69. The monoisotopic (exact) mass is 465 g/mol. The van der Waals surface area contributed by atoms with E-state index in [1.807, 2.05) is 6.92 Å². The smallest absolute Gasteiger partial charge is 0.294 e. The van der Waals surface area contributed by atoms with E-state index in [-0.39, 0.29) is 22.5 Å². The molecule has 1 heterocycles. The Balaban J connectivity index is 1.85. The lowest BCUT2D eigenvalue weighted by Gasteiger charge is -2.36. The number of aromatic nitrogens is 1. The summed E-state index contributed by atoms with van der Waals surface area (Å²) < 4.78 is 41.6. The zero-order chi connectivity index (χ0) is 24.7. The van der Waals surface area contributed by atoms with Gasteiger partial charge in [0.05, 0.1) is 17.4 Å². The molecule has 33 heavy (non-hydrogen) atoms. The van der Waals surface area contributed by atoms with Crippen molar-refractivity contribution in [3.8, 4) is 0 Å². The summed E-state index contributed by atoms with van der Waals surface area (Å²) in [6, 6.07) is 1.29. The molecule has 0 aliphatic heterocycles. The summed E-state index contributed by atoms with van der Waals surface area (Å²) in [6.45, 7) is 4.87. The van der Waals surface area contributed by atoms with Gasteiger partial charge in [-0.1, -0.05) is 0 Å². The van der Waals surface area contributed by atoms with Gasteiger partial charge in [0, 0.05) is 36.1 Å². The molecule has 1 fully saturated rings. The molecule has 1 aromatic carbocycles. The molecule has 1 aliphatic carbocycles. The molecule has 3 rings (SSSR count). The van der Waals surface area contributed by atoms with Crippen molar-refractivity contribution in [3.05, 3.63) is 52.1 Å². The molecule has 7 nitrogen and oxygen atoms in total. The number of rotatable bonds is 5. The minimum absolute atomic E-state index is 0.00561. The zero-order valence-corrected chi connectivity index (χ0v) is 18.8. The molecule has 0 saturated heterocycles. The lowest BCUT2D eigenvalue weighted by molar-refractivity contribution is -0.119. The average molecular weight is 465 g/mol. The Hall–Kier alpha value is -3.14. The van der Waals surface area contributed by atoms with Gasteiger partial charge in [0.25, 0.3) is 17.6 Å². The molecule has 0 radical (unpaired) electrons. The molecule has 1 saturated carbocycles. The maximum Gasteiger partial charge on any atom is 0.294 e. The van der Waals surface area contributed by atoms with Crippen molar-refractivity contribution in [1.29, 1.82) is 0 Å². The van der Waals surface area contributed by atoms with E-state index in [1.165, 1.54) is 18.5 Å². The molecule has 1 aliphatic rings. The van der Waals surface area contributed by atoms with E-state index >= 15 is 0 Å². The molecule has 0 bridgehead atoms. The van der Waals surface area contributed by atoms with Crippen LogP contribution in [0.5, 0.6) is 0 Å². The van der Waals surface area contributed by atoms with Crippen LogP contribution in [0.4, 0.5) is 18.9 Å². The number of anilines is 1. The van der Waals surface area contributed by atoms with Gasteiger partial charge in [0.1, 0.15) is 0 Å². The highest BCUT2D eigenvalue weighted by atomic mass is 19.2. The first-order valence-electron chi connectivity index (χ1n) is 10.5. The van der Waals surface area contributed by atoms with E-state index in [0.29, 0.717) is 43.5 Å². The SMILES string of the molecule is Cc1c(C(=O)Nc2cc(F)c(F)c(F)c2)c(C)n(C)c1C(=O)C(=O)N[C@]1(C)CC[C@@H](O)CC1. The van der Waals surface area contributed by atoms with Crippen LogP contribution in [-0.2, 0) is 11.8 Å². The number of aliphatic hydroxyl groups is 1. The van der Waals surface area contributed by atoms with E-state index < -0.39 is 46.7 Å². The van der Waals surface area contributed by atoms with Gasteiger partial charge < -0.3 is 20.3 Å². The van der Waals surface area contributed by atoms with Crippen LogP contribution in [-0.4, -0.2) is 38.9 Å². The van der Waals surface area contributed by atoms with E-state index in [2.05, 4.69) is 10.6 Å². The second-order valence-electron chi connectivity index (χ2n) is 8.78. The standard InChI is InChI=1S/C23H26F3N3O4/c1-11-17(21(32)27-13-9-15(24)18(26)16(25)10-13)12(2)29(4)19(11)20(31)22(33)28-23(3)7-5-14(30)6-8-23/h9-10,14,30H,5-8H2,1-4H3,(H,27,32)(H,28,33)/t14-,23-. The summed E-state index contributed by atoms with van der Waals surface area (Å²) in [6.07, 6.45) is 1.66. The predicted octanol–water partition coefficient (Wildman–Crippen LogP) is 3.30. The fourth-order valence-electron chi connectivity index (χ4n) is 4.26. The molecule has 2 amide bonds. The summed E-state index contributed by atoms with van der Waals surface area (Å²) in [5.74, 6) is -6.99. The third-order valence-corrected chi connectivity index (χ3v) is 6.29. The van der Waals surface area contributed by atoms with E-state index in [9.17, 15) is 32.7 Å². The van der Waals surface area contributed by atoms with Crippen LogP contribution >= 0.6 is 0 Å². The molecule has 178 valence electrons. The van der Waals surface area contributed by atoms with Gasteiger partial charge in [-0.15, -0.1) is 0 Å². The van der Waals surface area contributed by atoms with Gasteiger partial charge in [-0.25, -0.2) is 13.2 Å². The maximum absolute atomic E-state index is 13.5. The molecule has 3 N–H and O–H groups in total. The first kappa shape index (κ1) is 24.5. The highest BCUT2D eigenvalue weighted by molar-refractivity contribution is 6.43. The second kappa shape index (κ2) is 9.01. The number of nitrogens with one attached hydrogen (secondary N) is 2. The third-order valence-electron chi connectivity index (χ3n) is 6.29. The van der Waals surface area contributed by atoms with Crippen molar-refractivity contribution >= 4 is 23.3 Å². The lowest BCUT2D eigenvalue weighted by Crippen LogP contribution is -2.51. The van der Waals surface area contributed by atoms with E-state index in [4.69, 9.17) is 0 Å². The normalized spacial score (nSPS) is 20.4. The Labute approximate surface area is 189 Å². The van der Waals surface area contributed by atoms with Crippen LogP contribution in [0.3, 0.4) is 0 Å². The van der Waals surface area contributed by atoms with Crippen molar-refractivity contribution in [2.24, 2.45) is 7.05 Å². The topological polar surface area (TPSA) is 100 Å². The van der Waals surface area contributed by atoms with Crippen LogP contribution < -0.4 is 10.6 Å². The number of benzene rings is 1. The first-order valence-corrected chi connectivity index (χ1v) is 10.5. The van der Waals surface area contributed by atoms with Crippen molar-refractivity contribution in [3.63, 3.8) is 0 Å². The summed E-state index contributed by atoms with van der Waals surface area (Å²) in [4.78, 5) is 38.5. The van der Waals surface area contributed by atoms with Gasteiger partial charge in [0.15, 0.2) is 17.5 Å². The third kappa shape index (κ3) is 4.80. The average Bonchev–Trinajstić information content (AvgIpc) is 2.96. The number of carbonyl (C=O) groups excluding carboxylic acids is 3. The van der Waals surface area contributed by atoms with Gasteiger partial charge in [-0.2, -0.15) is 0 Å². The van der Waals surface area contributed by atoms with Crippen LogP contribution in [0.25, 0.3) is 0 Å². The number of nitrogens with zero attached hydrogens (tertiary/aromatic N) is 1. The highest BCUT2D eigenvalue weighted by Gasteiger charge is 2.35. The minimum atomic E-state index is -1.65. The van der Waals surface area contributed by atoms with E-state index in [1.54, 1.807) is 6.92 Å². The summed E-state index contributed by atoms with van der Waals surface area (Å²) in [5, 5.41) is 14.7. The molecule has 2 aromatic rings. The van der Waals surface area contributed by atoms with Crippen molar-refractivity contribution in [2.45, 2.75) is 58.1 Å². The molecule has 10 heteroatoms. The molecular formula is C23H26F3N3O4. The fourth-order valence-corrected chi connectivity index (χ4v) is 4.26. The van der Waals surface area contributed by atoms with Gasteiger partial charge in [-0.3, -0.25) is 14.4 Å². The Morgan fingerprint density at radius 3 is 2.18 bits per heavy atom. The molecule has 1 aromatic heterocycles. The number of halogens is 3. The van der Waals surface area contributed by atoms with Crippen LogP contribution in [0, 0.1) is 31.3 Å². The highest BCUT2D eigenvalue weighted by Crippen LogP contribution is 2.29.